The molecule has 1 saturated carbocycles. The zero-order valence-corrected chi connectivity index (χ0v) is 10.7. The summed E-state index contributed by atoms with van der Waals surface area (Å²) in [5, 5.41) is 18.8. The maximum absolute atomic E-state index is 12.3. The number of hydrogen-bond acceptors (Lipinski definition) is 3. The third kappa shape index (κ3) is 2.70. The van der Waals surface area contributed by atoms with Gasteiger partial charge in [0.1, 0.15) is 11.5 Å². The predicted octanol–water partition coefficient (Wildman–Crippen LogP) is 2.33. The predicted molar refractivity (Wildman–Crippen MR) is 69.2 cm³/mol. The maximum Gasteiger partial charge on any atom is 0.254 e. The van der Waals surface area contributed by atoms with Gasteiger partial charge in [0.2, 0.25) is 0 Å². The fourth-order valence-electron chi connectivity index (χ4n) is 2.12. The first-order chi connectivity index (χ1) is 8.61. The number of aromatic hydroxyl groups is 2. The van der Waals surface area contributed by atoms with Gasteiger partial charge in [0.15, 0.2) is 0 Å². The molecule has 4 nitrogen and oxygen atoms in total. The number of carbonyl (C=O) groups is 1. The van der Waals surface area contributed by atoms with Crippen LogP contribution in [0.15, 0.2) is 18.2 Å². The third-order valence-corrected chi connectivity index (χ3v) is 3.42. The fraction of sp³-hybridized carbons (Fsp3) is 0.462. The molecule has 98 valence electrons. The van der Waals surface area contributed by atoms with Crippen LogP contribution in [0.5, 0.6) is 11.5 Å². The van der Waals surface area contributed by atoms with Gasteiger partial charge in [-0.25, -0.2) is 0 Å². The molecule has 0 radical (unpaired) electrons. The summed E-state index contributed by atoms with van der Waals surface area (Å²) in [6.07, 6.45) is 3.11. The molecule has 0 unspecified atom stereocenters. The van der Waals surface area contributed by atoms with Gasteiger partial charge in [0.05, 0.1) is 0 Å². The molecule has 0 aliphatic heterocycles. The van der Waals surface area contributed by atoms with Crippen molar-refractivity contribution in [1.82, 2.24) is 4.90 Å². The summed E-state index contributed by atoms with van der Waals surface area (Å²) >= 11 is 5.72. The van der Waals surface area contributed by atoms with Gasteiger partial charge in [0, 0.05) is 30.1 Å². The van der Waals surface area contributed by atoms with E-state index in [1.807, 2.05) is 0 Å². The highest BCUT2D eigenvalue weighted by Crippen LogP contribution is 2.28. The average Bonchev–Trinajstić information content (AvgIpc) is 2.23. The molecule has 1 aromatic rings. The molecule has 2 rings (SSSR count). The molecule has 0 saturated heterocycles. The number of phenolic OH excluding ortho intramolecular Hbond substituents is 2. The number of hydrogen-bond donors (Lipinski definition) is 2. The Morgan fingerprint density at radius 1 is 1.28 bits per heavy atom. The van der Waals surface area contributed by atoms with Gasteiger partial charge in [0.25, 0.3) is 5.91 Å². The van der Waals surface area contributed by atoms with Crippen LogP contribution in [0.4, 0.5) is 0 Å². The number of alkyl halides is 1. The molecule has 1 fully saturated rings. The van der Waals surface area contributed by atoms with E-state index in [2.05, 4.69) is 0 Å². The molecule has 1 amide bonds. The van der Waals surface area contributed by atoms with E-state index in [4.69, 9.17) is 11.6 Å². The highest BCUT2D eigenvalue weighted by Gasteiger charge is 2.29. The number of nitrogens with zero attached hydrogens (tertiary/aromatic N) is 1. The number of carbonyl (C=O) groups excluding carboxylic acids is 1. The Bertz CT molecular complexity index is 426. The lowest BCUT2D eigenvalue weighted by molar-refractivity contribution is 0.0597. The summed E-state index contributed by atoms with van der Waals surface area (Å²) < 4.78 is 0. The minimum absolute atomic E-state index is 0.113. The van der Waals surface area contributed by atoms with Gasteiger partial charge in [-0.1, -0.05) is 0 Å². The number of rotatable bonds is 4. The van der Waals surface area contributed by atoms with E-state index in [1.165, 1.54) is 18.2 Å². The topological polar surface area (TPSA) is 60.8 Å². The van der Waals surface area contributed by atoms with Crippen molar-refractivity contribution < 1.29 is 15.0 Å². The van der Waals surface area contributed by atoms with Gasteiger partial charge >= 0.3 is 0 Å². The van der Waals surface area contributed by atoms with E-state index in [0.29, 0.717) is 18.0 Å². The number of benzene rings is 1. The van der Waals surface area contributed by atoms with Crippen LogP contribution in [0, 0.1) is 0 Å². The van der Waals surface area contributed by atoms with Crippen LogP contribution in [-0.4, -0.2) is 39.5 Å². The van der Waals surface area contributed by atoms with Crippen molar-refractivity contribution in [2.75, 3.05) is 12.4 Å². The lowest BCUT2D eigenvalue weighted by atomic mass is 9.91. The van der Waals surface area contributed by atoms with E-state index in [9.17, 15) is 15.0 Å². The number of amides is 1. The Balaban J connectivity index is 2.21. The Labute approximate surface area is 111 Å². The molecule has 1 aliphatic carbocycles. The lowest BCUT2D eigenvalue weighted by Gasteiger charge is -2.37. The molecule has 0 atom stereocenters. The third-order valence-electron chi connectivity index (χ3n) is 3.25. The van der Waals surface area contributed by atoms with Gasteiger partial charge in [-0.3, -0.25) is 4.79 Å². The van der Waals surface area contributed by atoms with Crippen molar-refractivity contribution in [2.24, 2.45) is 0 Å². The van der Waals surface area contributed by atoms with Crippen LogP contribution >= 0.6 is 11.6 Å². The van der Waals surface area contributed by atoms with Crippen LogP contribution in [0.3, 0.4) is 0 Å². The lowest BCUT2D eigenvalue weighted by Crippen LogP contribution is -2.45. The smallest absolute Gasteiger partial charge is 0.254 e. The normalized spacial score (nSPS) is 15.2. The first kappa shape index (κ1) is 13.0. The SMILES string of the molecule is O=C(c1cc(O)cc(O)c1)N(CCCl)C1CCC1. The van der Waals surface area contributed by atoms with Crippen molar-refractivity contribution in [1.29, 1.82) is 0 Å². The van der Waals surface area contributed by atoms with Gasteiger partial charge in [-0.05, 0) is 31.4 Å². The standard InChI is InChI=1S/C13H16ClNO3/c14-4-5-15(10-2-1-3-10)13(18)9-6-11(16)8-12(17)7-9/h6-8,10,16-17H,1-5H2. The second-order valence-corrected chi connectivity index (χ2v) is 4.89. The first-order valence-electron chi connectivity index (χ1n) is 6.02. The Kier molecular flexibility index (Phi) is 3.97. The number of halogens is 1. The molecule has 1 aromatic carbocycles. The molecule has 1 aliphatic rings. The monoisotopic (exact) mass is 269 g/mol. The zero-order valence-electron chi connectivity index (χ0n) is 9.97. The van der Waals surface area contributed by atoms with E-state index >= 15 is 0 Å². The Morgan fingerprint density at radius 2 is 1.89 bits per heavy atom. The van der Waals surface area contributed by atoms with E-state index in [-0.39, 0.29) is 23.4 Å². The van der Waals surface area contributed by atoms with Crippen LogP contribution in [-0.2, 0) is 0 Å². The van der Waals surface area contributed by atoms with Crippen molar-refractivity contribution >= 4 is 17.5 Å². The van der Waals surface area contributed by atoms with Gasteiger partial charge < -0.3 is 15.1 Å². The quantitative estimate of drug-likeness (QED) is 0.825. The van der Waals surface area contributed by atoms with Crippen molar-refractivity contribution in [2.45, 2.75) is 25.3 Å². The molecule has 0 heterocycles. The molecule has 18 heavy (non-hydrogen) atoms. The molecule has 5 heteroatoms. The summed E-state index contributed by atoms with van der Waals surface area (Å²) in [6, 6.07) is 4.16. The molecule has 0 spiro atoms. The highest BCUT2D eigenvalue weighted by molar-refractivity contribution is 6.18. The second kappa shape index (κ2) is 5.48. The minimum Gasteiger partial charge on any atom is -0.508 e. The van der Waals surface area contributed by atoms with E-state index in [1.54, 1.807) is 4.90 Å². The molecular weight excluding hydrogens is 254 g/mol. The van der Waals surface area contributed by atoms with Crippen molar-refractivity contribution in [3.05, 3.63) is 23.8 Å². The second-order valence-electron chi connectivity index (χ2n) is 4.51. The maximum atomic E-state index is 12.3. The summed E-state index contributed by atoms with van der Waals surface area (Å²) in [5.41, 5.74) is 0.296. The molecule has 0 bridgehead atoms. The van der Waals surface area contributed by atoms with Crippen molar-refractivity contribution in [3.8, 4) is 11.5 Å². The summed E-state index contributed by atoms with van der Waals surface area (Å²) in [5.74, 6) is -0.0327. The van der Waals surface area contributed by atoms with E-state index < -0.39 is 0 Å². The largest absolute Gasteiger partial charge is 0.508 e. The zero-order chi connectivity index (χ0) is 13.1. The first-order valence-corrected chi connectivity index (χ1v) is 6.55. The molecular formula is C13H16ClNO3. The van der Waals surface area contributed by atoms with Crippen molar-refractivity contribution in [3.63, 3.8) is 0 Å². The average molecular weight is 270 g/mol. The molecule has 0 aromatic heterocycles. The Morgan fingerprint density at radius 3 is 2.33 bits per heavy atom. The van der Waals surface area contributed by atoms with Crippen LogP contribution in [0.2, 0.25) is 0 Å². The van der Waals surface area contributed by atoms with Gasteiger partial charge in [-0.15, -0.1) is 11.6 Å². The summed E-state index contributed by atoms with van der Waals surface area (Å²) in [7, 11) is 0. The van der Waals surface area contributed by atoms with E-state index in [0.717, 1.165) is 19.3 Å². The summed E-state index contributed by atoms with van der Waals surface area (Å²) in [4.78, 5) is 14.0. The minimum atomic E-state index is -0.188. The summed E-state index contributed by atoms with van der Waals surface area (Å²) in [6.45, 7) is 0.488. The highest BCUT2D eigenvalue weighted by atomic mass is 35.5. The fourth-order valence-corrected chi connectivity index (χ4v) is 2.31. The van der Waals surface area contributed by atoms with Crippen LogP contribution in [0.25, 0.3) is 0 Å². The molecule has 2 N–H and O–H groups in total. The van der Waals surface area contributed by atoms with Crippen LogP contribution in [0.1, 0.15) is 29.6 Å². The number of phenols is 2. The Hall–Kier alpha value is -1.42. The van der Waals surface area contributed by atoms with Crippen LogP contribution < -0.4 is 0 Å². The van der Waals surface area contributed by atoms with Gasteiger partial charge in [-0.2, -0.15) is 0 Å².